The molecule has 1 aliphatic rings. The molecule has 6 heteroatoms. The van der Waals surface area contributed by atoms with Gasteiger partial charge in [0.1, 0.15) is 23.3 Å². The molecule has 0 fully saturated rings. The predicted molar refractivity (Wildman–Crippen MR) is 113 cm³/mol. The molecule has 0 saturated carbocycles. The zero-order chi connectivity index (χ0) is 21.1. The van der Waals surface area contributed by atoms with Crippen LogP contribution in [0.15, 0.2) is 84.6 Å². The number of nitrogens with zero attached hydrogens (tertiary/aromatic N) is 2. The molecule has 0 unspecified atom stereocenters. The minimum Gasteiger partial charge on any atom is -0.456 e. The third-order valence-electron chi connectivity index (χ3n) is 4.76. The average molecular weight is 395 g/mol. The van der Waals surface area contributed by atoms with Gasteiger partial charge in [0.2, 0.25) is 0 Å². The highest BCUT2D eigenvalue weighted by Crippen LogP contribution is 2.31. The Morgan fingerprint density at radius 1 is 0.867 bits per heavy atom. The molecule has 1 heterocycles. The van der Waals surface area contributed by atoms with Gasteiger partial charge in [-0.05, 0) is 42.0 Å². The quantitative estimate of drug-likeness (QED) is 0.664. The van der Waals surface area contributed by atoms with Gasteiger partial charge in [-0.3, -0.25) is 14.9 Å². The first-order chi connectivity index (χ1) is 14.6. The van der Waals surface area contributed by atoms with E-state index in [1.54, 1.807) is 72.6 Å². The number of imide groups is 1. The normalized spacial score (nSPS) is 13.1. The first-order valence-corrected chi connectivity index (χ1v) is 9.24. The van der Waals surface area contributed by atoms with E-state index >= 15 is 0 Å². The van der Waals surface area contributed by atoms with Gasteiger partial charge in [-0.2, -0.15) is 5.26 Å². The van der Waals surface area contributed by atoms with Crippen LogP contribution in [0.3, 0.4) is 0 Å². The Kier molecular flexibility index (Phi) is 5.02. The number of carbonyl (C=O) groups excluding carboxylic acids is 2. The summed E-state index contributed by atoms with van der Waals surface area (Å²) in [6.07, 6.45) is 0. The van der Waals surface area contributed by atoms with Crippen molar-refractivity contribution in [3.8, 4) is 17.6 Å². The number of rotatable bonds is 5. The molecule has 0 aromatic heterocycles. The summed E-state index contributed by atoms with van der Waals surface area (Å²) >= 11 is 0. The molecule has 6 nitrogen and oxygen atoms in total. The molecule has 0 bridgehead atoms. The van der Waals surface area contributed by atoms with Crippen molar-refractivity contribution in [3.05, 3.63) is 95.7 Å². The SMILES string of the molecule is CN(C1=C(c2ccccc2)C(=O)NC1=O)c1ccc(Oc2ccccc2C#N)cc1. The van der Waals surface area contributed by atoms with Crippen LogP contribution in [0.25, 0.3) is 5.57 Å². The fraction of sp³-hybridized carbons (Fsp3) is 0.0417. The molecule has 146 valence electrons. The van der Waals surface area contributed by atoms with Crippen molar-refractivity contribution >= 4 is 23.1 Å². The lowest BCUT2D eigenvalue weighted by atomic mass is 10.0. The Labute approximate surface area is 173 Å². The van der Waals surface area contributed by atoms with Crippen molar-refractivity contribution in [1.29, 1.82) is 5.26 Å². The second-order valence-electron chi connectivity index (χ2n) is 6.64. The van der Waals surface area contributed by atoms with Crippen LogP contribution in [0.4, 0.5) is 5.69 Å². The summed E-state index contributed by atoms with van der Waals surface area (Å²) in [6.45, 7) is 0. The van der Waals surface area contributed by atoms with E-state index in [-0.39, 0.29) is 5.70 Å². The molecule has 1 N–H and O–H groups in total. The van der Waals surface area contributed by atoms with Gasteiger partial charge in [-0.1, -0.05) is 42.5 Å². The molecule has 1 aliphatic heterocycles. The molecular formula is C24H17N3O3. The van der Waals surface area contributed by atoms with Crippen molar-refractivity contribution in [3.63, 3.8) is 0 Å². The molecular weight excluding hydrogens is 378 g/mol. The zero-order valence-corrected chi connectivity index (χ0v) is 16.1. The molecule has 30 heavy (non-hydrogen) atoms. The Morgan fingerprint density at radius 2 is 1.53 bits per heavy atom. The third kappa shape index (κ3) is 3.52. The molecule has 0 radical (unpaired) electrons. The highest BCUT2D eigenvalue weighted by Gasteiger charge is 2.34. The topological polar surface area (TPSA) is 82.4 Å². The van der Waals surface area contributed by atoms with E-state index in [9.17, 15) is 14.9 Å². The van der Waals surface area contributed by atoms with E-state index < -0.39 is 11.8 Å². The van der Waals surface area contributed by atoms with Gasteiger partial charge in [-0.25, -0.2) is 0 Å². The summed E-state index contributed by atoms with van der Waals surface area (Å²) in [5.41, 5.74) is 2.46. The van der Waals surface area contributed by atoms with Crippen molar-refractivity contribution in [2.24, 2.45) is 0 Å². The number of para-hydroxylation sites is 1. The smallest absolute Gasteiger partial charge is 0.275 e. The number of hydrogen-bond acceptors (Lipinski definition) is 5. The van der Waals surface area contributed by atoms with Gasteiger partial charge in [0, 0.05) is 12.7 Å². The van der Waals surface area contributed by atoms with Gasteiger partial charge in [0.05, 0.1) is 11.1 Å². The summed E-state index contributed by atoms with van der Waals surface area (Å²) in [7, 11) is 1.73. The fourth-order valence-corrected chi connectivity index (χ4v) is 3.28. The van der Waals surface area contributed by atoms with Gasteiger partial charge < -0.3 is 9.64 Å². The van der Waals surface area contributed by atoms with Gasteiger partial charge in [0.15, 0.2) is 0 Å². The van der Waals surface area contributed by atoms with E-state index in [0.717, 1.165) is 0 Å². The molecule has 4 rings (SSSR count). The first-order valence-electron chi connectivity index (χ1n) is 9.24. The van der Waals surface area contributed by atoms with Crippen LogP contribution in [0.5, 0.6) is 11.5 Å². The monoisotopic (exact) mass is 395 g/mol. The molecule has 0 saturated heterocycles. The minimum atomic E-state index is -0.440. The second kappa shape index (κ2) is 7.94. The molecule has 0 atom stereocenters. The van der Waals surface area contributed by atoms with Crippen LogP contribution in [0, 0.1) is 11.3 Å². The van der Waals surface area contributed by atoms with E-state index in [0.29, 0.717) is 33.9 Å². The lowest BCUT2D eigenvalue weighted by Crippen LogP contribution is -2.28. The number of amides is 2. The highest BCUT2D eigenvalue weighted by molar-refractivity contribution is 6.36. The van der Waals surface area contributed by atoms with Crippen molar-refractivity contribution < 1.29 is 14.3 Å². The van der Waals surface area contributed by atoms with E-state index in [1.165, 1.54) is 0 Å². The second-order valence-corrected chi connectivity index (χ2v) is 6.64. The van der Waals surface area contributed by atoms with Crippen molar-refractivity contribution in [1.82, 2.24) is 5.32 Å². The fourth-order valence-electron chi connectivity index (χ4n) is 3.28. The van der Waals surface area contributed by atoms with Crippen LogP contribution >= 0.6 is 0 Å². The minimum absolute atomic E-state index is 0.287. The number of nitrogens with one attached hydrogen (secondary N) is 1. The lowest BCUT2D eigenvalue weighted by Gasteiger charge is -2.20. The van der Waals surface area contributed by atoms with Crippen molar-refractivity contribution in [2.75, 3.05) is 11.9 Å². The van der Waals surface area contributed by atoms with E-state index in [2.05, 4.69) is 11.4 Å². The van der Waals surface area contributed by atoms with E-state index in [4.69, 9.17) is 4.74 Å². The van der Waals surface area contributed by atoms with Gasteiger partial charge >= 0.3 is 0 Å². The number of carbonyl (C=O) groups is 2. The Hall–Kier alpha value is -4.37. The van der Waals surface area contributed by atoms with Crippen LogP contribution < -0.4 is 15.0 Å². The van der Waals surface area contributed by atoms with Crippen LogP contribution in [0.2, 0.25) is 0 Å². The molecule has 2 amide bonds. The summed E-state index contributed by atoms with van der Waals surface area (Å²) < 4.78 is 5.80. The van der Waals surface area contributed by atoms with Crippen LogP contribution in [-0.2, 0) is 9.59 Å². The van der Waals surface area contributed by atoms with E-state index in [1.807, 2.05) is 18.2 Å². The maximum Gasteiger partial charge on any atom is 0.275 e. The number of nitriles is 1. The number of ether oxygens (including phenoxy) is 1. The van der Waals surface area contributed by atoms with Crippen LogP contribution in [0.1, 0.15) is 11.1 Å². The van der Waals surface area contributed by atoms with Gasteiger partial charge in [-0.15, -0.1) is 0 Å². The lowest BCUT2D eigenvalue weighted by molar-refractivity contribution is -0.123. The Bertz CT molecular complexity index is 1190. The number of anilines is 1. The molecule has 3 aromatic carbocycles. The standard InChI is InChI=1S/C24H17N3O3/c1-27(22-21(23(28)26-24(22)29)16-7-3-2-4-8-16)18-11-13-19(14-12-18)30-20-10-6-5-9-17(20)15-25/h2-14H,1H3,(H,26,28,29). The molecule has 0 aliphatic carbocycles. The first kappa shape index (κ1) is 19.0. The number of likely N-dealkylation sites (N-methyl/N-ethyl adjacent to an activating group) is 1. The maximum atomic E-state index is 12.5. The summed E-state index contributed by atoms with van der Waals surface area (Å²) in [4.78, 5) is 26.5. The van der Waals surface area contributed by atoms with Crippen molar-refractivity contribution in [2.45, 2.75) is 0 Å². The predicted octanol–water partition coefficient (Wildman–Crippen LogP) is 3.85. The zero-order valence-electron chi connectivity index (χ0n) is 16.1. The Morgan fingerprint density at radius 3 is 2.23 bits per heavy atom. The molecule has 3 aromatic rings. The maximum absolute atomic E-state index is 12.5. The highest BCUT2D eigenvalue weighted by atomic mass is 16.5. The largest absolute Gasteiger partial charge is 0.456 e. The Balaban J connectivity index is 1.64. The average Bonchev–Trinajstić information content (AvgIpc) is 3.08. The van der Waals surface area contributed by atoms with Gasteiger partial charge in [0.25, 0.3) is 11.8 Å². The summed E-state index contributed by atoms with van der Waals surface area (Å²) in [5.74, 6) is 0.167. The summed E-state index contributed by atoms with van der Waals surface area (Å²) in [6, 6.07) is 25.2. The summed E-state index contributed by atoms with van der Waals surface area (Å²) in [5, 5.41) is 11.6. The number of hydrogen-bond donors (Lipinski definition) is 1. The number of benzene rings is 3. The molecule has 0 spiro atoms. The van der Waals surface area contributed by atoms with Crippen LogP contribution in [-0.4, -0.2) is 18.9 Å². The third-order valence-corrected chi connectivity index (χ3v) is 4.76.